The van der Waals surface area contributed by atoms with Crippen molar-refractivity contribution in [3.8, 4) is 11.1 Å². The molecule has 0 spiro atoms. The summed E-state index contributed by atoms with van der Waals surface area (Å²) in [6, 6.07) is 28.6. The average molecular weight is 972 g/mol. The fourth-order valence-electron chi connectivity index (χ4n) is 8.76. The lowest BCUT2D eigenvalue weighted by Crippen LogP contribution is -2.58. The van der Waals surface area contributed by atoms with Gasteiger partial charge in [0.25, 0.3) is 0 Å². The highest BCUT2D eigenvalue weighted by atomic mass is 16.5. The molecule has 6 rings (SSSR count). The van der Waals surface area contributed by atoms with Crippen LogP contribution in [-0.2, 0) is 75.3 Å². The number of piperidine rings is 1. The molecule has 2 bridgehead atoms. The third-order valence-electron chi connectivity index (χ3n) is 12.6. The predicted octanol–water partition coefficient (Wildman–Crippen LogP) is 2.07. The molecular formula is C53H61N7O11. The maximum absolute atomic E-state index is 15.0. The Morgan fingerprint density at radius 2 is 1.44 bits per heavy atom. The number of carboxylic acid groups (broad SMARTS) is 2. The van der Waals surface area contributed by atoms with E-state index in [0.717, 1.165) is 28.8 Å². The normalized spacial score (nSPS) is 19.9. The van der Waals surface area contributed by atoms with E-state index in [9.17, 15) is 48.6 Å². The second kappa shape index (κ2) is 25.8. The SMILES string of the molecule is NCCOCCNC(=O)[C@@H]1CCNC(=O)/C=C/C(=O)N2CCC[C@](Cc3ccccc3)(C2)C(=O)NC(Cc2ccc(-c3ccc(CC(C(=O)O)C(=O)O)cc3)cc2)C(=O)NCc2ccccc2CC(=O)N1. The van der Waals surface area contributed by atoms with Gasteiger partial charge in [-0.3, -0.25) is 38.4 Å². The molecule has 71 heavy (non-hydrogen) atoms. The van der Waals surface area contributed by atoms with Gasteiger partial charge >= 0.3 is 11.9 Å². The number of nitrogens with zero attached hydrogens (tertiary/aromatic N) is 1. The number of carbonyl (C=O) groups excluding carboxylic acids is 6. The highest BCUT2D eigenvalue weighted by Crippen LogP contribution is 2.35. The molecule has 2 aliphatic rings. The summed E-state index contributed by atoms with van der Waals surface area (Å²) < 4.78 is 5.36. The minimum atomic E-state index is -1.58. The Balaban J connectivity index is 1.29. The van der Waals surface area contributed by atoms with Crippen molar-refractivity contribution in [1.82, 2.24) is 31.5 Å². The van der Waals surface area contributed by atoms with E-state index < -0.39 is 70.8 Å². The number of nitrogens with one attached hydrogen (secondary N) is 5. The highest BCUT2D eigenvalue weighted by molar-refractivity contribution is 5.98. The van der Waals surface area contributed by atoms with E-state index in [2.05, 4.69) is 26.6 Å². The van der Waals surface area contributed by atoms with Crippen LogP contribution in [0.3, 0.4) is 0 Å². The molecule has 4 aromatic carbocycles. The summed E-state index contributed by atoms with van der Waals surface area (Å²) >= 11 is 0. The Hall–Kier alpha value is -7.70. The summed E-state index contributed by atoms with van der Waals surface area (Å²) in [6.45, 7) is 1.30. The molecule has 2 aliphatic heterocycles. The van der Waals surface area contributed by atoms with E-state index in [1.165, 1.54) is 4.90 Å². The number of rotatable bonds is 15. The maximum atomic E-state index is 15.0. The van der Waals surface area contributed by atoms with Crippen molar-refractivity contribution in [2.24, 2.45) is 17.1 Å². The van der Waals surface area contributed by atoms with Crippen molar-refractivity contribution >= 4 is 47.4 Å². The molecule has 0 aromatic heterocycles. The number of hydrogen-bond acceptors (Lipinski definition) is 10. The summed E-state index contributed by atoms with van der Waals surface area (Å²) in [7, 11) is 0. The summed E-state index contributed by atoms with van der Waals surface area (Å²) in [5, 5.41) is 32.9. The quantitative estimate of drug-likeness (QED) is 0.0629. The first-order valence-electron chi connectivity index (χ1n) is 23.7. The summed E-state index contributed by atoms with van der Waals surface area (Å²) in [5.74, 6) is -7.39. The molecule has 6 amide bonds. The largest absolute Gasteiger partial charge is 0.481 e. The van der Waals surface area contributed by atoms with Crippen molar-refractivity contribution in [2.75, 3.05) is 45.9 Å². The molecule has 3 atom stereocenters. The zero-order valence-corrected chi connectivity index (χ0v) is 39.4. The third-order valence-corrected chi connectivity index (χ3v) is 12.6. The zero-order chi connectivity index (χ0) is 50.8. The number of carbonyl (C=O) groups is 8. The van der Waals surface area contributed by atoms with Crippen molar-refractivity contribution in [3.63, 3.8) is 0 Å². The molecule has 0 radical (unpaired) electrons. The maximum Gasteiger partial charge on any atom is 0.318 e. The van der Waals surface area contributed by atoms with Crippen LogP contribution in [0.1, 0.15) is 47.1 Å². The number of aliphatic carboxylic acids is 2. The number of amides is 6. The standard InChI is InChI=1S/C53H61N7O11/c54-23-27-71-28-25-56-48(64)43-21-24-55-45(61)19-20-47(63)60-26-6-22-53(34-60,32-37-7-2-1-3-8-37)52(70)59-44(49(65)57-33-41-10-5-4-9-40(41)31-46(62)58-43)30-36-13-17-39(18-14-36)38-15-11-35(12-16-38)29-42(50(66)67)51(68)69/h1-5,7-20,42-44H,6,21-34,54H2,(H,55,61)(H,56,64)(H,57,65)(H,58,62)(H,59,70)(H,66,67)(H,68,69)/b20-19+/t43-,44?,53-/m0/s1. The minimum absolute atomic E-state index is 0.00815. The summed E-state index contributed by atoms with van der Waals surface area (Å²) in [6.07, 6.45) is 3.14. The van der Waals surface area contributed by atoms with E-state index >= 15 is 0 Å². The lowest BCUT2D eigenvalue weighted by Gasteiger charge is -2.42. The molecule has 9 N–H and O–H groups in total. The number of carboxylic acids is 2. The molecule has 1 unspecified atom stereocenters. The van der Waals surface area contributed by atoms with Crippen LogP contribution in [0.15, 0.2) is 115 Å². The van der Waals surface area contributed by atoms with Gasteiger partial charge in [-0.1, -0.05) is 103 Å². The average Bonchev–Trinajstić information content (AvgIpc) is 3.36. The number of ether oxygens (including phenoxy) is 1. The van der Waals surface area contributed by atoms with Gasteiger partial charge in [-0.25, -0.2) is 0 Å². The van der Waals surface area contributed by atoms with Crippen LogP contribution < -0.4 is 32.3 Å². The number of benzene rings is 4. The molecule has 4 aromatic rings. The highest BCUT2D eigenvalue weighted by Gasteiger charge is 2.44. The van der Waals surface area contributed by atoms with Crippen molar-refractivity contribution in [2.45, 2.75) is 63.6 Å². The molecular weight excluding hydrogens is 911 g/mol. The Kier molecular flexibility index (Phi) is 19.1. The fourth-order valence-corrected chi connectivity index (χ4v) is 8.76. The van der Waals surface area contributed by atoms with E-state index in [1.807, 2.05) is 54.6 Å². The molecule has 2 heterocycles. The van der Waals surface area contributed by atoms with Gasteiger partial charge in [0.05, 0.1) is 25.0 Å². The van der Waals surface area contributed by atoms with Gasteiger partial charge in [0.1, 0.15) is 12.1 Å². The summed E-state index contributed by atoms with van der Waals surface area (Å²) in [5.41, 5.74) is 9.22. The number of nitrogens with two attached hydrogens (primary N) is 1. The van der Waals surface area contributed by atoms with Crippen molar-refractivity contribution in [3.05, 3.63) is 143 Å². The molecule has 1 saturated heterocycles. The zero-order valence-electron chi connectivity index (χ0n) is 39.4. The lowest BCUT2D eigenvalue weighted by atomic mass is 9.74. The van der Waals surface area contributed by atoms with Gasteiger partial charge in [-0.15, -0.1) is 0 Å². The Bertz CT molecular complexity index is 2540. The first-order chi connectivity index (χ1) is 34.2. The fraction of sp³-hybridized carbons (Fsp3) is 0.358. The lowest BCUT2D eigenvalue weighted by molar-refractivity contribution is -0.154. The molecule has 18 nitrogen and oxygen atoms in total. The van der Waals surface area contributed by atoms with Crippen LogP contribution >= 0.6 is 0 Å². The van der Waals surface area contributed by atoms with Crippen LogP contribution in [0.25, 0.3) is 11.1 Å². The molecule has 0 aliphatic carbocycles. The Labute approximate surface area is 411 Å². The molecule has 374 valence electrons. The van der Waals surface area contributed by atoms with Crippen LogP contribution in [0.4, 0.5) is 0 Å². The third kappa shape index (κ3) is 15.4. The number of hydrogen-bond donors (Lipinski definition) is 8. The van der Waals surface area contributed by atoms with E-state index in [1.54, 1.807) is 48.5 Å². The van der Waals surface area contributed by atoms with Crippen LogP contribution in [-0.4, -0.2) is 121 Å². The smallest absolute Gasteiger partial charge is 0.318 e. The topological polar surface area (TPSA) is 276 Å². The van der Waals surface area contributed by atoms with Crippen molar-refractivity contribution < 1.29 is 53.3 Å². The first-order valence-corrected chi connectivity index (χ1v) is 23.7. The van der Waals surface area contributed by atoms with E-state index in [0.29, 0.717) is 54.8 Å². The van der Waals surface area contributed by atoms with Gasteiger partial charge in [-0.2, -0.15) is 0 Å². The first kappa shape index (κ1) is 52.7. The molecule has 18 heteroatoms. The van der Waals surface area contributed by atoms with Gasteiger partial charge in [0.2, 0.25) is 35.4 Å². The van der Waals surface area contributed by atoms with E-state index in [4.69, 9.17) is 10.5 Å². The second-order valence-electron chi connectivity index (χ2n) is 17.8. The van der Waals surface area contributed by atoms with Gasteiger partial charge in [0.15, 0.2) is 5.92 Å². The summed E-state index contributed by atoms with van der Waals surface area (Å²) in [4.78, 5) is 108. The van der Waals surface area contributed by atoms with Gasteiger partial charge < -0.3 is 52.2 Å². The monoisotopic (exact) mass is 971 g/mol. The van der Waals surface area contributed by atoms with E-state index in [-0.39, 0.29) is 64.9 Å². The van der Waals surface area contributed by atoms with Crippen molar-refractivity contribution in [1.29, 1.82) is 0 Å². The van der Waals surface area contributed by atoms with Crippen LogP contribution in [0, 0.1) is 11.3 Å². The van der Waals surface area contributed by atoms with Crippen LogP contribution in [0.5, 0.6) is 0 Å². The minimum Gasteiger partial charge on any atom is -0.481 e. The molecule has 1 fully saturated rings. The second-order valence-corrected chi connectivity index (χ2v) is 17.8. The Morgan fingerprint density at radius 1 is 0.775 bits per heavy atom. The predicted molar refractivity (Wildman–Crippen MR) is 262 cm³/mol. The number of fused-ring (bicyclic) bond motifs is 3. The van der Waals surface area contributed by atoms with Gasteiger partial charge in [-0.05, 0) is 71.0 Å². The van der Waals surface area contributed by atoms with Crippen LogP contribution in [0.2, 0.25) is 0 Å². The Morgan fingerprint density at radius 3 is 2.11 bits per heavy atom. The molecule has 0 saturated carbocycles. The van der Waals surface area contributed by atoms with Gasteiger partial charge in [0, 0.05) is 57.8 Å².